The molecule has 0 aliphatic carbocycles. The first kappa shape index (κ1) is 25.2. The Bertz CT molecular complexity index is 1300. The van der Waals surface area contributed by atoms with E-state index in [0.29, 0.717) is 59.6 Å². The minimum Gasteiger partial charge on any atom is -0.495 e. The fourth-order valence-electron chi connectivity index (χ4n) is 4.03. The number of rotatable bonds is 7. The number of ether oxygens (including phenoxy) is 1. The van der Waals surface area contributed by atoms with Crippen molar-refractivity contribution in [2.75, 3.05) is 38.6 Å². The average Bonchev–Trinajstić information content (AvgIpc) is 2.85. The van der Waals surface area contributed by atoms with Gasteiger partial charge >= 0.3 is 0 Å². The monoisotopic (exact) mass is 513 g/mol. The minimum absolute atomic E-state index is 0.263. The normalized spacial score (nSPS) is 15.1. The highest BCUT2D eigenvalue weighted by molar-refractivity contribution is 7.89. The van der Waals surface area contributed by atoms with Crippen LogP contribution in [0, 0.1) is 6.92 Å². The SMILES string of the molecule is COc1ccc(Cl)cc1NC(=O)c1cccc(CN2CCN(S(=O)(=O)c3ccc(C)cc3)CC2)c1. The molecule has 0 atom stereocenters. The lowest BCUT2D eigenvalue weighted by Crippen LogP contribution is -2.48. The molecule has 1 aliphatic heterocycles. The van der Waals surface area contributed by atoms with Crippen molar-refractivity contribution < 1.29 is 17.9 Å². The van der Waals surface area contributed by atoms with Gasteiger partial charge in [0, 0.05) is 43.3 Å². The summed E-state index contributed by atoms with van der Waals surface area (Å²) in [6, 6.07) is 19.4. The second-order valence-corrected chi connectivity index (χ2v) is 10.9. The van der Waals surface area contributed by atoms with Gasteiger partial charge in [-0.3, -0.25) is 9.69 Å². The molecule has 0 aromatic heterocycles. The van der Waals surface area contributed by atoms with Crippen molar-refractivity contribution >= 4 is 33.2 Å². The van der Waals surface area contributed by atoms with Crippen LogP contribution in [0.2, 0.25) is 5.02 Å². The second-order valence-electron chi connectivity index (χ2n) is 8.49. The summed E-state index contributed by atoms with van der Waals surface area (Å²) in [6.07, 6.45) is 0. The smallest absolute Gasteiger partial charge is 0.255 e. The Balaban J connectivity index is 1.38. The highest BCUT2D eigenvalue weighted by Gasteiger charge is 2.28. The number of carbonyl (C=O) groups excluding carboxylic acids is 1. The van der Waals surface area contributed by atoms with Crippen molar-refractivity contribution in [3.8, 4) is 5.75 Å². The molecule has 0 saturated carbocycles. The number of amides is 1. The van der Waals surface area contributed by atoms with Crippen molar-refractivity contribution in [3.05, 3.63) is 88.4 Å². The summed E-state index contributed by atoms with van der Waals surface area (Å²) in [4.78, 5) is 15.4. The van der Waals surface area contributed by atoms with Gasteiger partial charge in [-0.25, -0.2) is 8.42 Å². The summed E-state index contributed by atoms with van der Waals surface area (Å²) in [5, 5.41) is 3.35. The van der Waals surface area contributed by atoms with E-state index >= 15 is 0 Å². The van der Waals surface area contributed by atoms with E-state index in [4.69, 9.17) is 16.3 Å². The predicted octanol–water partition coefficient (Wildman–Crippen LogP) is 4.42. The van der Waals surface area contributed by atoms with Crippen LogP contribution >= 0.6 is 11.6 Å². The number of methoxy groups -OCH3 is 1. The first-order valence-electron chi connectivity index (χ1n) is 11.3. The van der Waals surface area contributed by atoms with E-state index in [1.165, 1.54) is 11.4 Å². The quantitative estimate of drug-likeness (QED) is 0.506. The van der Waals surface area contributed by atoms with Crippen molar-refractivity contribution in [2.24, 2.45) is 0 Å². The van der Waals surface area contributed by atoms with Gasteiger partial charge in [0.05, 0.1) is 17.7 Å². The van der Waals surface area contributed by atoms with Gasteiger partial charge < -0.3 is 10.1 Å². The summed E-state index contributed by atoms with van der Waals surface area (Å²) in [5.74, 6) is 0.263. The maximum Gasteiger partial charge on any atom is 0.255 e. The molecule has 7 nitrogen and oxygen atoms in total. The molecule has 35 heavy (non-hydrogen) atoms. The highest BCUT2D eigenvalue weighted by atomic mass is 35.5. The second kappa shape index (κ2) is 10.8. The van der Waals surface area contributed by atoms with E-state index in [1.807, 2.05) is 37.3 Å². The molecule has 1 fully saturated rings. The largest absolute Gasteiger partial charge is 0.495 e. The third-order valence-electron chi connectivity index (χ3n) is 6.00. The molecular formula is C26H28ClN3O4S. The van der Waals surface area contributed by atoms with Gasteiger partial charge in [0.1, 0.15) is 5.75 Å². The van der Waals surface area contributed by atoms with Crippen LogP contribution in [-0.2, 0) is 16.6 Å². The Morgan fingerprint density at radius 2 is 1.71 bits per heavy atom. The molecule has 0 radical (unpaired) electrons. The molecule has 3 aromatic rings. The summed E-state index contributed by atoms with van der Waals surface area (Å²) < 4.78 is 32.7. The van der Waals surface area contributed by atoms with Crippen LogP contribution in [0.15, 0.2) is 71.6 Å². The molecular weight excluding hydrogens is 486 g/mol. The molecule has 184 valence electrons. The van der Waals surface area contributed by atoms with Gasteiger partial charge in [0.25, 0.3) is 5.91 Å². The zero-order valence-electron chi connectivity index (χ0n) is 19.7. The number of carbonyl (C=O) groups is 1. The van der Waals surface area contributed by atoms with Gasteiger partial charge in [-0.2, -0.15) is 4.31 Å². The fourth-order valence-corrected chi connectivity index (χ4v) is 5.62. The van der Waals surface area contributed by atoms with Crippen molar-refractivity contribution in [2.45, 2.75) is 18.4 Å². The lowest BCUT2D eigenvalue weighted by Gasteiger charge is -2.34. The zero-order valence-corrected chi connectivity index (χ0v) is 21.3. The van der Waals surface area contributed by atoms with Gasteiger partial charge in [0.15, 0.2) is 0 Å². The van der Waals surface area contributed by atoms with E-state index in [2.05, 4.69) is 10.2 Å². The van der Waals surface area contributed by atoms with E-state index < -0.39 is 10.0 Å². The third-order valence-corrected chi connectivity index (χ3v) is 8.14. The molecule has 1 heterocycles. The Labute approximate surface area is 211 Å². The van der Waals surface area contributed by atoms with Crippen LogP contribution in [0.3, 0.4) is 0 Å². The lowest BCUT2D eigenvalue weighted by molar-refractivity contribution is 0.102. The number of anilines is 1. The highest BCUT2D eigenvalue weighted by Crippen LogP contribution is 2.28. The first-order chi connectivity index (χ1) is 16.8. The molecule has 0 unspecified atom stereocenters. The number of piperazine rings is 1. The summed E-state index contributed by atoms with van der Waals surface area (Å²) >= 11 is 6.06. The number of nitrogens with one attached hydrogen (secondary N) is 1. The molecule has 1 aliphatic rings. The lowest BCUT2D eigenvalue weighted by atomic mass is 10.1. The molecule has 9 heteroatoms. The predicted molar refractivity (Wildman–Crippen MR) is 138 cm³/mol. The number of benzene rings is 3. The van der Waals surface area contributed by atoms with Crippen molar-refractivity contribution in [1.29, 1.82) is 0 Å². The van der Waals surface area contributed by atoms with Crippen LogP contribution in [0.5, 0.6) is 5.75 Å². The Kier molecular flexibility index (Phi) is 7.76. The molecule has 3 aromatic carbocycles. The molecule has 1 amide bonds. The van der Waals surface area contributed by atoms with E-state index in [1.54, 1.807) is 36.4 Å². The molecule has 0 spiro atoms. The number of hydrogen-bond donors (Lipinski definition) is 1. The van der Waals surface area contributed by atoms with Gasteiger partial charge in [-0.05, 0) is 55.0 Å². The van der Waals surface area contributed by atoms with Crippen LogP contribution in [0.1, 0.15) is 21.5 Å². The number of hydrogen-bond acceptors (Lipinski definition) is 5. The van der Waals surface area contributed by atoms with E-state index in [-0.39, 0.29) is 5.91 Å². The summed E-state index contributed by atoms with van der Waals surface area (Å²) in [5.41, 5.74) is 3.02. The third kappa shape index (κ3) is 6.02. The van der Waals surface area contributed by atoms with Gasteiger partial charge in [-0.15, -0.1) is 0 Å². The van der Waals surface area contributed by atoms with Crippen LogP contribution in [0.4, 0.5) is 5.69 Å². The fraction of sp³-hybridized carbons (Fsp3) is 0.269. The van der Waals surface area contributed by atoms with E-state index in [0.717, 1.165) is 11.1 Å². The Morgan fingerprint density at radius 1 is 1.00 bits per heavy atom. The van der Waals surface area contributed by atoms with E-state index in [9.17, 15) is 13.2 Å². The van der Waals surface area contributed by atoms with Crippen molar-refractivity contribution in [1.82, 2.24) is 9.21 Å². The molecule has 0 bridgehead atoms. The van der Waals surface area contributed by atoms with Crippen LogP contribution < -0.4 is 10.1 Å². The topological polar surface area (TPSA) is 79.0 Å². The molecule has 1 N–H and O–H groups in total. The Morgan fingerprint density at radius 3 is 2.40 bits per heavy atom. The van der Waals surface area contributed by atoms with Gasteiger partial charge in [0.2, 0.25) is 10.0 Å². The molecule has 1 saturated heterocycles. The number of halogens is 1. The minimum atomic E-state index is -3.50. The zero-order chi connectivity index (χ0) is 25.0. The first-order valence-corrected chi connectivity index (χ1v) is 13.1. The van der Waals surface area contributed by atoms with Crippen LogP contribution in [-0.4, -0.2) is 56.8 Å². The maximum absolute atomic E-state index is 12.9. The standard InChI is InChI=1S/C26H28ClN3O4S/c1-19-6-9-23(10-7-19)35(32,33)30-14-12-29(13-15-30)18-20-4-3-5-21(16-20)26(31)28-24-17-22(27)8-11-25(24)34-2/h3-11,16-17H,12-15,18H2,1-2H3,(H,28,31). The van der Waals surface area contributed by atoms with Crippen LogP contribution in [0.25, 0.3) is 0 Å². The summed E-state index contributed by atoms with van der Waals surface area (Å²) in [7, 11) is -1.96. The number of sulfonamides is 1. The Hall–Kier alpha value is -2.91. The number of nitrogens with zero attached hydrogens (tertiary/aromatic N) is 2. The average molecular weight is 514 g/mol. The van der Waals surface area contributed by atoms with Crippen molar-refractivity contribution in [3.63, 3.8) is 0 Å². The summed E-state index contributed by atoms with van der Waals surface area (Å²) in [6.45, 7) is 4.63. The van der Waals surface area contributed by atoms with Gasteiger partial charge in [-0.1, -0.05) is 41.4 Å². The maximum atomic E-state index is 12.9. The number of aryl methyl sites for hydroxylation is 1. The molecule has 4 rings (SSSR count).